The summed E-state index contributed by atoms with van der Waals surface area (Å²) in [6.45, 7) is 2.47. The average Bonchev–Trinajstić information content (AvgIpc) is 2.25. The van der Waals surface area contributed by atoms with Crippen LogP contribution in [0.3, 0.4) is 0 Å². The highest BCUT2D eigenvalue weighted by atomic mass is 31.2. The van der Waals surface area contributed by atoms with Gasteiger partial charge in [0.2, 0.25) is 0 Å². The zero-order chi connectivity index (χ0) is 14.9. The molecule has 0 amide bonds. The fraction of sp³-hybridized carbons (Fsp3) is 1.00. The maximum atomic E-state index is 12.1. The van der Waals surface area contributed by atoms with E-state index < -0.39 is 36.6 Å². The molecule has 1 unspecified atom stereocenters. The zero-order valence-corrected chi connectivity index (χ0v) is 11.3. The van der Waals surface area contributed by atoms with Crippen LogP contribution in [0.25, 0.3) is 0 Å². The molecule has 112 valence electrons. The first-order valence-electron chi connectivity index (χ1n) is 5.29. The average molecular weight is 302 g/mol. The van der Waals surface area contributed by atoms with Gasteiger partial charge in [-0.2, -0.15) is 0 Å². The summed E-state index contributed by atoms with van der Waals surface area (Å²) in [5, 5.41) is 18.0. The van der Waals surface area contributed by atoms with Gasteiger partial charge in [-0.05, 0) is 13.8 Å². The zero-order valence-electron chi connectivity index (χ0n) is 10.4. The third-order valence-corrected chi connectivity index (χ3v) is 3.84. The minimum Gasteiger partial charge on any atom is -0.312 e. The summed E-state index contributed by atoms with van der Waals surface area (Å²) < 4.78 is 21.9. The lowest BCUT2D eigenvalue weighted by Gasteiger charge is -2.21. The van der Waals surface area contributed by atoms with Gasteiger partial charge < -0.3 is 18.7 Å². The van der Waals surface area contributed by atoms with E-state index >= 15 is 0 Å². The van der Waals surface area contributed by atoms with Crippen LogP contribution in [-0.4, -0.2) is 42.3 Å². The molecule has 0 spiro atoms. The standard InChI is InChI=1S/C7H15N2O9P/c1-3-16-19(14,17-4-2)6-7(18-9(12)13)5-15-8(10)11/h7H,3-6H2,1-2H3. The van der Waals surface area contributed by atoms with Crippen LogP contribution in [0.15, 0.2) is 0 Å². The molecule has 19 heavy (non-hydrogen) atoms. The quantitative estimate of drug-likeness (QED) is 0.311. The fourth-order valence-electron chi connectivity index (χ4n) is 1.17. The van der Waals surface area contributed by atoms with Gasteiger partial charge in [-0.3, -0.25) is 4.57 Å². The Morgan fingerprint density at radius 2 is 1.63 bits per heavy atom. The predicted octanol–water partition coefficient (Wildman–Crippen LogP) is 1.04. The maximum Gasteiger partial charge on any atom is 0.332 e. The summed E-state index contributed by atoms with van der Waals surface area (Å²) in [6.07, 6.45) is -1.95. The first kappa shape index (κ1) is 17.6. The summed E-state index contributed by atoms with van der Waals surface area (Å²) in [6, 6.07) is 0. The Kier molecular flexibility index (Phi) is 7.96. The van der Waals surface area contributed by atoms with Crippen molar-refractivity contribution in [2.75, 3.05) is 26.0 Å². The largest absolute Gasteiger partial charge is 0.332 e. The third kappa shape index (κ3) is 8.30. The van der Waals surface area contributed by atoms with Gasteiger partial charge in [-0.25, -0.2) is 0 Å². The molecule has 0 saturated carbocycles. The molecule has 0 rings (SSSR count). The van der Waals surface area contributed by atoms with E-state index in [0.29, 0.717) is 0 Å². The lowest BCUT2D eigenvalue weighted by Crippen LogP contribution is -2.28. The Morgan fingerprint density at radius 3 is 2.00 bits per heavy atom. The smallest absolute Gasteiger partial charge is 0.312 e. The molecule has 1 atom stereocenters. The second kappa shape index (κ2) is 8.62. The molecule has 0 fully saturated rings. The summed E-state index contributed by atoms with van der Waals surface area (Å²) in [5.74, 6) is 0. The molecule has 0 N–H and O–H groups in total. The van der Waals surface area contributed by atoms with Gasteiger partial charge in [0, 0.05) is 0 Å². The normalized spacial score (nSPS) is 12.7. The number of hydrogen-bond donors (Lipinski definition) is 0. The molecule has 0 bridgehead atoms. The summed E-state index contributed by atoms with van der Waals surface area (Å²) in [7, 11) is -3.62. The van der Waals surface area contributed by atoms with E-state index in [1.165, 1.54) is 0 Å². The minimum absolute atomic E-state index is 0.0541. The molecule has 0 aromatic heterocycles. The van der Waals surface area contributed by atoms with Gasteiger partial charge >= 0.3 is 7.60 Å². The Labute approximate surface area is 108 Å². The lowest BCUT2D eigenvalue weighted by molar-refractivity contribution is -0.788. The van der Waals surface area contributed by atoms with Crippen LogP contribution in [0, 0.1) is 20.2 Å². The van der Waals surface area contributed by atoms with E-state index in [-0.39, 0.29) is 13.2 Å². The van der Waals surface area contributed by atoms with Crippen molar-refractivity contribution in [1.82, 2.24) is 0 Å². The van der Waals surface area contributed by atoms with Crippen LogP contribution in [0.1, 0.15) is 13.8 Å². The van der Waals surface area contributed by atoms with E-state index in [4.69, 9.17) is 9.05 Å². The molecule has 12 heteroatoms. The first-order chi connectivity index (χ1) is 8.83. The maximum absolute atomic E-state index is 12.1. The van der Waals surface area contributed by atoms with Crippen molar-refractivity contribution in [1.29, 1.82) is 0 Å². The highest BCUT2D eigenvalue weighted by molar-refractivity contribution is 7.53. The third-order valence-electron chi connectivity index (χ3n) is 1.68. The molecule has 0 aromatic rings. The molecular formula is C7H15N2O9P. The van der Waals surface area contributed by atoms with Crippen LogP contribution in [0.4, 0.5) is 0 Å². The van der Waals surface area contributed by atoms with Crippen molar-refractivity contribution in [2.24, 2.45) is 0 Å². The second-order valence-electron chi connectivity index (χ2n) is 3.10. The van der Waals surface area contributed by atoms with Crippen molar-refractivity contribution in [3.8, 4) is 0 Å². The van der Waals surface area contributed by atoms with E-state index in [1.54, 1.807) is 13.8 Å². The van der Waals surface area contributed by atoms with Crippen molar-refractivity contribution in [3.63, 3.8) is 0 Å². The summed E-state index contributed by atoms with van der Waals surface area (Å²) in [5.41, 5.74) is 0. The van der Waals surface area contributed by atoms with Gasteiger partial charge in [-0.15, -0.1) is 20.2 Å². The molecule has 0 aliphatic carbocycles. The van der Waals surface area contributed by atoms with Gasteiger partial charge in [-0.1, -0.05) is 0 Å². The number of nitrogens with zero attached hydrogens (tertiary/aromatic N) is 2. The van der Waals surface area contributed by atoms with Gasteiger partial charge in [0.15, 0.2) is 0 Å². The molecule has 0 aliphatic heterocycles. The fourth-order valence-corrected chi connectivity index (χ4v) is 2.91. The monoisotopic (exact) mass is 302 g/mol. The summed E-state index contributed by atoms with van der Waals surface area (Å²) >= 11 is 0. The minimum atomic E-state index is -3.62. The topological polar surface area (TPSA) is 140 Å². The SMILES string of the molecule is CCOP(=O)(CC(CO[N+](=O)[O-])O[N+](=O)[O-])OCC. The Balaban J connectivity index is 4.68. The van der Waals surface area contributed by atoms with E-state index in [1.807, 2.05) is 0 Å². The molecule has 0 heterocycles. The van der Waals surface area contributed by atoms with E-state index in [2.05, 4.69) is 9.68 Å². The Morgan fingerprint density at radius 1 is 1.11 bits per heavy atom. The van der Waals surface area contributed by atoms with Crippen LogP contribution < -0.4 is 0 Å². The van der Waals surface area contributed by atoms with E-state index in [0.717, 1.165) is 0 Å². The molecule has 11 nitrogen and oxygen atoms in total. The van der Waals surface area contributed by atoms with Crippen LogP contribution in [0.2, 0.25) is 0 Å². The predicted molar refractivity (Wildman–Crippen MR) is 60.5 cm³/mol. The van der Waals surface area contributed by atoms with Gasteiger partial charge in [0.1, 0.15) is 12.7 Å². The van der Waals surface area contributed by atoms with Gasteiger partial charge in [0.25, 0.3) is 10.2 Å². The second-order valence-corrected chi connectivity index (χ2v) is 5.20. The lowest BCUT2D eigenvalue weighted by atomic mass is 10.4. The van der Waals surface area contributed by atoms with Crippen LogP contribution in [-0.2, 0) is 23.3 Å². The molecule has 0 aromatic carbocycles. The van der Waals surface area contributed by atoms with Crippen molar-refractivity contribution in [2.45, 2.75) is 20.0 Å². The molecule has 0 aliphatic rings. The van der Waals surface area contributed by atoms with Crippen LogP contribution in [0.5, 0.6) is 0 Å². The van der Waals surface area contributed by atoms with Crippen molar-refractivity contribution < 1.29 is 33.5 Å². The molecular weight excluding hydrogens is 287 g/mol. The first-order valence-corrected chi connectivity index (χ1v) is 7.02. The Bertz CT molecular complexity index is 339. The highest BCUT2D eigenvalue weighted by Gasteiger charge is 2.31. The summed E-state index contributed by atoms with van der Waals surface area (Å²) in [4.78, 5) is 28.4. The van der Waals surface area contributed by atoms with Crippen LogP contribution >= 0.6 is 7.60 Å². The number of hydrogen-bond acceptors (Lipinski definition) is 9. The molecule has 0 saturated heterocycles. The van der Waals surface area contributed by atoms with Crippen molar-refractivity contribution >= 4 is 7.60 Å². The Hall–Kier alpha value is -1.45. The molecule has 0 radical (unpaired) electrons. The van der Waals surface area contributed by atoms with Gasteiger partial charge in [0.05, 0.1) is 19.4 Å². The number of rotatable bonds is 11. The highest BCUT2D eigenvalue weighted by Crippen LogP contribution is 2.48. The van der Waals surface area contributed by atoms with E-state index in [9.17, 15) is 24.8 Å². The van der Waals surface area contributed by atoms with Crippen molar-refractivity contribution in [3.05, 3.63) is 20.2 Å².